The lowest BCUT2D eigenvalue weighted by atomic mass is 9.45. The van der Waals surface area contributed by atoms with Crippen molar-refractivity contribution in [1.29, 1.82) is 0 Å². The molecule has 3 fully saturated rings. The Morgan fingerprint density at radius 1 is 1.04 bits per heavy atom. The molecular formula is C22H31NO3S. The SMILES string of the molecule is C[C@]12CC[C@H]3[C@@H](CCC4=C[C@@H](O)CC[C@@]43C)[C@@]1(O)CC[C@]2(O)c1nccs1. The average Bonchev–Trinajstić information content (AvgIpc) is 3.24. The van der Waals surface area contributed by atoms with E-state index in [0.717, 1.165) is 43.5 Å². The molecule has 5 rings (SSSR count). The lowest BCUT2D eigenvalue weighted by molar-refractivity contribution is -0.221. The van der Waals surface area contributed by atoms with Gasteiger partial charge in [0, 0.05) is 17.0 Å². The molecule has 1 heterocycles. The number of hydrogen-bond donors (Lipinski definition) is 3. The first-order valence-corrected chi connectivity index (χ1v) is 11.4. The van der Waals surface area contributed by atoms with Gasteiger partial charge in [0.25, 0.3) is 0 Å². The number of aliphatic hydroxyl groups excluding tert-OH is 1. The van der Waals surface area contributed by atoms with Crippen LogP contribution >= 0.6 is 11.3 Å². The highest BCUT2D eigenvalue weighted by atomic mass is 32.1. The molecule has 5 heteroatoms. The number of allylic oxidation sites excluding steroid dienone is 1. The minimum atomic E-state index is -1.03. The van der Waals surface area contributed by atoms with E-state index in [4.69, 9.17) is 0 Å². The summed E-state index contributed by atoms with van der Waals surface area (Å²) in [4.78, 5) is 4.45. The van der Waals surface area contributed by atoms with Gasteiger partial charge in [-0.2, -0.15) is 0 Å². The molecule has 4 aliphatic carbocycles. The summed E-state index contributed by atoms with van der Waals surface area (Å²) in [6.07, 6.45) is 10.4. The Balaban J connectivity index is 1.56. The van der Waals surface area contributed by atoms with Crippen LogP contribution in [0.3, 0.4) is 0 Å². The summed E-state index contributed by atoms with van der Waals surface area (Å²) in [7, 11) is 0. The van der Waals surface area contributed by atoms with Crippen molar-refractivity contribution < 1.29 is 15.3 Å². The van der Waals surface area contributed by atoms with Gasteiger partial charge in [0.2, 0.25) is 0 Å². The molecule has 0 spiro atoms. The summed E-state index contributed by atoms with van der Waals surface area (Å²) in [6, 6.07) is 0. The number of nitrogens with zero attached hydrogens (tertiary/aromatic N) is 1. The fourth-order valence-electron chi connectivity index (χ4n) is 7.47. The summed E-state index contributed by atoms with van der Waals surface area (Å²) < 4.78 is 0. The van der Waals surface area contributed by atoms with Crippen LogP contribution in [0.5, 0.6) is 0 Å². The number of aromatic nitrogens is 1. The second kappa shape index (κ2) is 5.65. The maximum atomic E-state index is 12.1. The van der Waals surface area contributed by atoms with E-state index in [9.17, 15) is 15.3 Å². The van der Waals surface area contributed by atoms with E-state index < -0.39 is 16.6 Å². The number of hydrogen-bond acceptors (Lipinski definition) is 5. The predicted molar refractivity (Wildman–Crippen MR) is 105 cm³/mol. The van der Waals surface area contributed by atoms with E-state index in [1.54, 1.807) is 6.20 Å². The van der Waals surface area contributed by atoms with E-state index in [1.165, 1.54) is 16.9 Å². The monoisotopic (exact) mass is 389 g/mol. The van der Waals surface area contributed by atoms with Crippen molar-refractivity contribution in [2.45, 2.75) is 82.5 Å². The van der Waals surface area contributed by atoms with Crippen LogP contribution in [0.1, 0.15) is 70.2 Å². The molecule has 0 radical (unpaired) electrons. The van der Waals surface area contributed by atoms with E-state index >= 15 is 0 Å². The summed E-state index contributed by atoms with van der Waals surface area (Å²) in [6.45, 7) is 4.46. The third-order valence-electron chi connectivity index (χ3n) is 9.21. The number of thiazole rings is 1. The molecule has 0 bridgehead atoms. The highest BCUT2D eigenvalue weighted by molar-refractivity contribution is 7.09. The van der Waals surface area contributed by atoms with Crippen molar-refractivity contribution in [3.05, 3.63) is 28.2 Å². The van der Waals surface area contributed by atoms with Crippen LogP contribution < -0.4 is 0 Å². The Kier molecular flexibility index (Phi) is 3.83. The molecule has 4 nitrogen and oxygen atoms in total. The highest BCUT2D eigenvalue weighted by Crippen LogP contribution is 2.71. The van der Waals surface area contributed by atoms with Crippen LogP contribution in [0.25, 0.3) is 0 Å². The average molecular weight is 390 g/mol. The Morgan fingerprint density at radius 3 is 2.59 bits per heavy atom. The second-order valence-corrected chi connectivity index (χ2v) is 10.9. The van der Waals surface area contributed by atoms with Gasteiger partial charge in [-0.15, -0.1) is 11.3 Å². The summed E-state index contributed by atoms with van der Waals surface area (Å²) in [5.74, 6) is 0.643. The zero-order valence-electron chi connectivity index (χ0n) is 16.3. The summed E-state index contributed by atoms with van der Waals surface area (Å²) in [5.41, 5.74) is -0.934. The molecule has 0 aliphatic heterocycles. The lowest BCUT2D eigenvalue weighted by Gasteiger charge is -2.62. The first kappa shape index (κ1) is 18.3. The first-order chi connectivity index (χ1) is 12.7. The van der Waals surface area contributed by atoms with E-state index in [2.05, 4.69) is 24.9 Å². The molecule has 7 atom stereocenters. The van der Waals surface area contributed by atoms with Crippen LogP contribution in [0.4, 0.5) is 0 Å². The molecule has 3 saturated carbocycles. The minimum Gasteiger partial charge on any atom is -0.389 e. The fraction of sp³-hybridized carbons (Fsp3) is 0.773. The van der Waals surface area contributed by atoms with Gasteiger partial charge in [0.1, 0.15) is 10.6 Å². The van der Waals surface area contributed by atoms with E-state index in [1.807, 2.05) is 5.38 Å². The maximum absolute atomic E-state index is 12.1. The molecule has 4 aliphatic rings. The molecule has 27 heavy (non-hydrogen) atoms. The minimum absolute atomic E-state index is 0.0844. The molecule has 0 saturated heterocycles. The zero-order chi connectivity index (χ0) is 19.1. The Labute approximate surface area is 165 Å². The lowest BCUT2D eigenvalue weighted by Crippen LogP contribution is -2.63. The van der Waals surface area contributed by atoms with Crippen molar-refractivity contribution in [3.8, 4) is 0 Å². The summed E-state index contributed by atoms with van der Waals surface area (Å²) in [5, 5.41) is 36.6. The Morgan fingerprint density at radius 2 is 1.85 bits per heavy atom. The van der Waals surface area contributed by atoms with Crippen molar-refractivity contribution in [1.82, 2.24) is 4.98 Å². The van der Waals surface area contributed by atoms with Crippen molar-refractivity contribution in [2.24, 2.45) is 22.7 Å². The molecule has 148 valence electrons. The fourth-order valence-corrected chi connectivity index (χ4v) is 8.36. The third-order valence-corrected chi connectivity index (χ3v) is 10.1. The van der Waals surface area contributed by atoms with Crippen LogP contribution in [0.15, 0.2) is 23.2 Å². The number of rotatable bonds is 1. The molecular weight excluding hydrogens is 358 g/mol. The number of fused-ring (bicyclic) bond motifs is 5. The Hall–Kier alpha value is -0.750. The van der Waals surface area contributed by atoms with Gasteiger partial charge in [-0.25, -0.2) is 4.98 Å². The first-order valence-electron chi connectivity index (χ1n) is 10.5. The van der Waals surface area contributed by atoms with E-state index in [0.29, 0.717) is 18.8 Å². The number of aliphatic hydroxyl groups is 3. The van der Waals surface area contributed by atoms with Crippen molar-refractivity contribution in [3.63, 3.8) is 0 Å². The molecule has 0 amide bonds. The van der Waals surface area contributed by atoms with Crippen LogP contribution in [0, 0.1) is 22.7 Å². The van der Waals surface area contributed by atoms with Gasteiger partial charge >= 0.3 is 0 Å². The molecule has 0 aromatic carbocycles. The maximum Gasteiger partial charge on any atom is 0.125 e. The van der Waals surface area contributed by atoms with Gasteiger partial charge in [-0.3, -0.25) is 0 Å². The van der Waals surface area contributed by atoms with Crippen LogP contribution in [-0.2, 0) is 5.60 Å². The second-order valence-electron chi connectivity index (χ2n) is 9.96. The highest BCUT2D eigenvalue weighted by Gasteiger charge is 2.72. The quantitative estimate of drug-likeness (QED) is 0.639. The smallest absolute Gasteiger partial charge is 0.125 e. The van der Waals surface area contributed by atoms with Crippen molar-refractivity contribution in [2.75, 3.05) is 0 Å². The van der Waals surface area contributed by atoms with Gasteiger partial charge in [0.15, 0.2) is 0 Å². The zero-order valence-corrected chi connectivity index (χ0v) is 17.1. The van der Waals surface area contributed by atoms with Gasteiger partial charge < -0.3 is 15.3 Å². The molecule has 1 aromatic rings. The Bertz CT molecular complexity index is 779. The standard InChI is InChI=1S/C22H31NO3S/c1-19-7-5-15(24)13-14(19)3-4-17-16(19)6-8-20(2)21(17,25)9-10-22(20,26)18-23-11-12-27-18/h11-13,15-17,24-26H,3-10H2,1-2H3/t15-,16-,17+,19-,20-,21-,22-/m0/s1. The topological polar surface area (TPSA) is 73.6 Å². The van der Waals surface area contributed by atoms with Crippen molar-refractivity contribution >= 4 is 11.3 Å². The van der Waals surface area contributed by atoms with Gasteiger partial charge in [0.05, 0.1) is 11.7 Å². The van der Waals surface area contributed by atoms with Gasteiger partial charge in [-0.05, 0) is 68.6 Å². The largest absolute Gasteiger partial charge is 0.389 e. The molecule has 3 N–H and O–H groups in total. The molecule has 1 aromatic heterocycles. The van der Waals surface area contributed by atoms with E-state index in [-0.39, 0.29) is 17.4 Å². The molecule has 0 unspecified atom stereocenters. The van der Waals surface area contributed by atoms with Gasteiger partial charge in [-0.1, -0.05) is 25.5 Å². The normalized spacial score (nSPS) is 51.9. The third kappa shape index (κ3) is 2.12. The summed E-state index contributed by atoms with van der Waals surface area (Å²) >= 11 is 1.51. The predicted octanol–water partition coefficient (Wildman–Crippen LogP) is 3.77. The van der Waals surface area contributed by atoms with Crippen LogP contribution in [0.2, 0.25) is 0 Å². The van der Waals surface area contributed by atoms with Crippen LogP contribution in [-0.4, -0.2) is 32.0 Å².